The number of ether oxygens (including phenoxy) is 2. The number of imide groups is 1. The highest BCUT2D eigenvalue weighted by Crippen LogP contribution is 2.22. The van der Waals surface area contributed by atoms with E-state index < -0.39 is 35.8 Å². The molecular formula is C10H11N7O6. The second-order valence-corrected chi connectivity index (χ2v) is 3.90. The quantitative estimate of drug-likeness (QED) is 0.197. The van der Waals surface area contributed by atoms with Crippen molar-refractivity contribution < 1.29 is 29.0 Å². The average molecular weight is 325 g/mol. The van der Waals surface area contributed by atoms with Crippen LogP contribution in [-0.2, 0) is 23.9 Å². The van der Waals surface area contributed by atoms with Crippen LogP contribution in [0.3, 0.4) is 0 Å². The third kappa shape index (κ3) is 4.98. The highest BCUT2D eigenvalue weighted by Gasteiger charge is 2.36. The minimum atomic E-state index is -1.11. The molecule has 23 heavy (non-hydrogen) atoms. The van der Waals surface area contributed by atoms with Crippen molar-refractivity contribution in [2.45, 2.75) is 0 Å². The summed E-state index contributed by atoms with van der Waals surface area (Å²) < 4.78 is 9.79. The van der Waals surface area contributed by atoms with Crippen molar-refractivity contribution in [2.24, 2.45) is 10.2 Å². The van der Waals surface area contributed by atoms with Gasteiger partial charge in [-0.05, 0) is 11.1 Å². The van der Waals surface area contributed by atoms with E-state index in [9.17, 15) is 14.4 Å². The summed E-state index contributed by atoms with van der Waals surface area (Å²) in [6.45, 7) is -0.586. The number of carboxylic acid groups (broad SMARTS) is 1. The smallest absolute Gasteiger partial charge is 0.329 e. The monoisotopic (exact) mass is 325 g/mol. The number of rotatable bonds is 10. The molecule has 1 heterocycles. The summed E-state index contributed by atoms with van der Waals surface area (Å²) in [4.78, 5) is 39.5. The van der Waals surface area contributed by atoms with E-state index in [0.29, 0.717) is 4.90 Å². The second-order valence-electron chi connectivity index (χ2n) is 3.90. The lowest BCUT2D eigenvalue weighted by atomic mass is 10.4. The SMILES string of the molecule is [N-]=[N+]=NC1=C(N=[N+]=[N-])C(=O)N(CCOCCOCC(=O)O)C1=O. The fourth-order valence-electron chi connectivity index (χ4n) is 1.56. The van der Waals surface area contributed by atoms with Crippen molar-refractivity contribution in [3.05, 3.63) is 32.3 Å². The lowest BCUT2D eigenvalue weighted by Crippen LogP contribution is -2.34. The van der Waals surface area contributed by atoms with Crippen LogP contribution in [0.2, 0.25) is 0 Å². The van der Waals surface area contributed by atoms with E-state index in [1.807, 2.05) is 0 Å². The van der Waals surface area contributed by atoms with Gasteiger partial charge in [0, 0.05) is 9.82 Å². The van der Waals surface area contributed by atoms with E-state index in [1.165, 1.54) is 0 Å². The van der Waals surface area contributed by atoms with E-state index >= 15 is 0 Å². The molecule has 0 aromatic rings. The van der Waals surface area contributed by atoms with Gasteiger partial charge in [-0.25, -0.2) is 4.79 Å². The number of hydrogen-bond donors (Lipinski definition) is 1. The first-order chi connectivity index (χ1) is 11.0. The molecule has 0 radical (unpaired) electrons. The van der Waals surface area contributed by atoms with Crippen LogP contribution in [0.5, 0.6) is 0 Å². The molecule has 0 atom stereocenters. The lowest BCUT2D eigenvalue weighted by molar-refractivity contribution is -0.143. The van der Waals surface area contributed by atoms with Gasteiger partial charge in [0.15, 0.2) is 0 Å². The van der Waals surface area contributed by atoms with Gasteiger partial charge in [0.05, 0.1) is 26.4 Å². The largest absolute Gasteiger partial charge is 0.480 e. The number of aliphatic carboxylic acids is 1. The predicted octanol–water partition coefficient (Wildman–Crippen LogP) is 0.305. The summed E-state index contributed by atoms with van der Waals surface area (Å²) in [6.07, 6.45) is 0. The maximum Gasteiger partial charge on any atom is 0.329 e. The Morgan fingerprint density at radius 2 is 1.57 bits per heavy atom. The fraction of sp³-hybridized carbons (Fsp3) is 0.500. The molecule has 1 rings (SSSR count). The Bertz CT molecular complexity index is 592. The highest BCUT2D eigenvalue weighted by atomic mass is 16.5. The first-order valence-corrected chi connectivity index (χ1v) is 6.10. The van der Waals surface area contributed by atoms with Crippen molar-refractivity contribution in [2.75, 3.05) is 33.0 Å². The third-order valence-corrected chi connectivity index (χ3v) is 2.47. The zero-order chi connectivity index (χ0) is 17.2. The standard InChI is InChI=1S/C10H11N7O6/c11-15-13-7-8(14-16-12)10(21)17(9(7)20)1-2-22-3-4-23-5-6(18)19/h1-5H2,(H,18,19). The highest BCUT2D eigenvalue weighted by molar-refractivity contribution is 6.18. The van der Waals surface area contributed by atoms with Gasteiger partial charge in [0.25, 0.3) is 11.8 Å². The van der Waals surface area contributed by atoms with Crippen LogP contribution >= 0.6 is 0 Å². The molecule has 0 aliphatic carbocycles. The number of carbonyl (C=O) groups is 3. The molecule has 1 N–H and O–H groups in total. The number of hydrogen-bond acceptors (Lipinski definition) is 7. The Labute approximate surface area is 128 Å². The number of carboxylic acids is 1. The molecule has 0 fully saturated rings. The van der Waals surface area contributed by atoms with Gasteiger partial charge in [0.1, 0.15) is 18.0 Å². The summed E-state index contributed by atoms with van der Waals surface area (Å²) in [5.41, 5.74) is 15.6. The Hall–Kier alpha value is -3.11. The molecule has 0 unspecified atom stereocenters. The Morgan fingerprint density at radius 1 is 1.04 bits per heavy atom. The summed E-state index contributed by atoms with van der Waals surface area (Å²) in [7, 11) is 0. The van der Waals surface area contributed by atoms with Gasteiger partial charge in [-0.3, -0.25) is 14.5 Å². The van der Waals surface area contributed by atoms with E-state index in [-0.39, 0.29) is 26.4 Å². The molecule has 0 saturated heterocycles. The van der Waals surface area contributed by atoms with Gasteiger partial charge in [-0.15, -0.1) is 0 Å². The van der Waals surface area contributed by atoms with Gasteiger partial charge in [-0.2, -0.15) is 0 Å². The molecule has 0 aromatic heterocycles. The summed E-state index contributed by atoms with van der Waals surface area (Å²) in [6, 6.07) is 0. The Balaban J connectivity index is 2.49. The first-order valence-electron chi connectivity index (χ1n) is 6.10. The molecular weight excluding hydrogens is 314 g/mol. The molecule has 0 aromatic carbocycles. The maximum atomic E-state index is 11.9. The molecule has 0 bridgehead atoms. The predicted molar refractivity (Wildman–Crippen MR) is 71.3 cm³/mol. The molecule has 13 nitrogen and oxygen atoms in total. The van der Waals surface area contributed by atoms with Gasteiger partial charge in [0.2, 0.25) is 0 Å². The molecule has 0 saturated carbocycles. The van der Waals surface area contributed by atoms with Crippen LogP contribution in [-0.4, -0.2) is 60.8 Å². The second kappa shape index (κ2) is 9.02. The van der Waals surface area contributed by atoms with Gasteiger partial charge < -0.3 is 14.6 Å². The van der Waals surface area contributed by atoms with Gasteiger partial charge >= 0.3 is 5.97 Å². The van der Waals surface area contributed by atoms with Crippen LogP contribution in [0.4, 0.5) is 0 Å². The Morgan fingerprint density at radius 3 is 2.04 bits per heavy atom. The molecule has 13 heteroatoms. The molecule has 1 aliphatic heterocycles. The van der Waals surface area contributed by atoms with Crippen molar-refractivity contribution >= 4 is 17.8 Å². The summed E-state index contributed by atoms with van der Waals surface area (Å²) in [5.74, 6) is -2.89. The minimum absolute atomic E-state index is 0.0282. The number of azide groups is 2. The van der Waals surface area contributed by atoms with Crippen LogP contribution in [0, 0.1) is 0 Å². The summed E-state index contributed by atoms with van der Waals surface area (Å²) in [5, 5.41) is 14.4. The molecule has 0 spiro atoms. The molecule has 122 valence electrons. The first kappa shape index (κ1) is 17.9. The van der Waals surface area contributed by atoms with Gasteiger partial charge in [-0.1, -0.05) is 10.2 Å². The van der Waals surface area contributed by atoms with Crippen LogP contribution in [0.15, 0.2) is 21.6 Å². The zero-order valence-corrected chi connectivity index (χ0v) is 11.7. The van der Waals surface area contributed by atoms with E-state index in [4.69, 9.17) is 25.6 Å². The number of nitrogens with zero attached hydrogens (tertiary/aromatic N) is 7. The number of carbonyl (C=O) groups excluding carboxylic acids is 2. The molecule has 2 amide bonds. The lowest BCUT2D eigenvalue weighted by Gasteiger charge is -2.14. The zero-order valence-electron chi connectivity index (χ0n) is 11.7. The number of amides is 2. The van der Waals surface area contributed by atoms with E-state index in [1.54, 1.807) is 0 Å². The van der Waals surface area contributed by atoms with Crippen LogP contribution in [0.1, 0.15) is 0 Å². The van der Waals surface area contributed by atoms with Crippen molar-refractivity contribution in [1.29, 1.82) is 0 Å². The van der Waals surface area contributed by atoms with Crippen molar-refractivity contribution in [3.63, 3.8) is 0 Å². The summed E-state index contributed by atoms with van der Waals surface area (Å²) >= 11 is 0. The normalized spacial score (nSPS) is 13.8. The Kier molecular flexibility index (Phi) is 7.04. The topological polar surface area (TPSA) is 191 Å². The van der Waals surface area contributed by atoms with Crippen molar-refractivity contribution in [3.8, 4) is 0 Å². The van der Waals surface area contributed by atoms with Crippen LogP contribution < -0.4 is 0 Å². The van der Waals surface area contributed by atoms with E-state index in [2.05, 4.69) is 20.1 Å². The third-order valence-electron chi connectivity index (χ3n) is 2.47. The van der Waals surface area contributed by atoms with Crippen molar-refractivity contribution in [1.82, 2.24) is 4.90 Å². The van der Waals surface area contributed by atoms with E-state index in [0.717, 1.165) is 0 Å². The fourth-order valence-corrected chi connectivity index (χ4v) is 1.56. The maximum absolute atomic E-state index is 11.9. The van der Waals surface area contributed by atoms with Crippen LogP contribution in [0.25, 0.3) is 20.9 Å². The molecule has 1 aliphatic rings. The average Bonchev–Trinajstić information content (AvgIpc) is 2.72. The minimum Gasteiger partial charge on any atom is -0.480 e.